The Labute approximate surface area is 121 Å². The highest BCUT2D eigenvalue weighted by Gasteiger charge is 2.41. The van der Waals surface area contributed by atoms with Crippen molar-refractivity contribution in [1.82, 2.24) is 4.90 Å². The number of hydrogen-bond acceptors (Lipinski definition) is 3. The maximum absolute atomic E-state index is 12.0. The largest absolute Gasteiger partial charge is 0.481 e. The Kier molecular flexibility index (Phi) is 6.99. The number of ether oxygens (including phenoxy) is 1. The van der Waals surface area contributed by atoms with Crippen LogP contribution in [0.1, 0.15) is 52.4 Å². The molecule has 0 unspecified atom stereocenters. The van der Waals surface area contributed by atoms with E-state index in [1.54, 1.807) is 0 Å². The van der Waals surface area contributed by atoms with Gasteiger partial charge in [0.05, 0.1) is 5.41 Å². The molecule has 1 rings (SSSR count). The van der Waals surface area contributed by atoms with Crippen LogP contribution in [0.3, 0.4) is 0 Å². The van der Waals surface area contributed by atoms with Gasteiger partial charge in [0.15, 0.2) is 0 Å². The summed E-state index contributed by atoms with van der Waals surface area (Å²) in [5, 5.41) is 9.43. The van der Waals surface area contributed by atoms with Gasteiger partial charge in [-0.25, -0.2) is 0 Å². The summed E-state index contributed by atoms with van der Waals surface area (Å²) in [6.45, 7) is 6.38. The summed E-state index contributed by atoms with van der Waals surface area (Å²) in [5.41, 5.74) is -0.614. The minimum Gasteiger partial charge on any atom is -0.481 e. The minimum atomic E-state index is -0.706. The van der Waals surface area contributed by atoms with Crippen LogP contribution in [-0.4, -0.2) is 48.2 Å². The van der Waals surface area contributed by atoms with Crippen molar-refractivity contribution in [3.05, 3.63) is 0 Å². The summed E-state index contributed by atoms with van der Waals surface area (Å²) in [5.74, 6) is -0.581. The van der Waals surface area contributed by atoms with E-state index in [4.69, 9.17) is 4.74 Å². The Hall–Kier alpha value is -1.10. The third-order valence-corrected chi connectivity index (χ3v) is 4.14. The third kappa shape index (κ3) is 4.47. The van der Waals surface area contributed by atoms with E-state index in [0.717, 1.165) is 12.8 Å². The Morgan fingerprint density at radius 2 is 1.90 bits per heavy atom. The zero-order valence-corrected chi connectivity index (χ0v) is 12.7. The van der Waals surface area contributed by atoms with Crippen molar-refractivity contribution in [3.8, 4) is 0 Å². The van der Waals surface area contributed by atoms with Crippen LogP contribution in [0.15, 0.2) is 0 Å². The van der Waals surface area contributed by atoms with E-state index in [0.29, 0.717) is 52.0 Å². The van der Waals surface area contributed by atoms with Gasteiger partial charge in [-0.3, -0.25) is 9.59 Å². The second-order valence-electron chi connectivity index (χ2n) is 5.52. The first-order valence-electron chi connectivity index (χ1n) is 7.64. The van der Waals surface area contributed by atoms with Gasteiger partial charge >= 0.3 is 5.97 Å². The van der Waals surface area contributed by atoms with Crippen molar-refractivity contribution < 1.29 is 19.4 Å². The van der Waals surface area contributed by atoms with Crippen molar-refractivity contribution in [3.63, 3.8) is 0 Å². The standard InChI is InChI=1S/C15H27NO4/c1-3-7-15(14(18)19)8-10-16(11-9-15)13(17)6-5-12-20-4-2/h3-12H2,1-2H3,(H,18,19). The lowest BCUT2D eigenvalue weighted by atomic mass is 9.75. The summed E-state index contributed by atoms with van der Waals surface area (Å²) < 4.78 is 5.22. The molecule has 0 spiro atoms. The molecule has 0 bridgehead atoms. The second-order valence-corrected chi connectivity index (χ2v) is 5.52. The Morgan fingerprint density at radius 3 is 2.40 bits per heavy atom. The molecule has 5 heteroatoms. The molecule has 0 aliphatic carbocycles. The first kappa shape index (κ1) is 17.0. The number of carbonyl (C=O) groups is 2. The van der Waals surface area contributed by atoms with Crippen molar-refractivity contribution in [2.75, 3.05) is 26.3 Å². The lowest BCUT2D eigenvalue weighted by molar-refractivity contribution is -0.155. The molecule has 0 aromatic rings. The quantitative estimate of drug-likeness (QED) is 0.695. The molecule has 1 N–H and O–H groups in total. The average Bonchev–Trinajstić information content (AvgIpc) is 2.44. The number of carboxylic acid groups (broad SMARTS) is 1. The number of hydrogen-bond donors (Lipinski definition) is 1. The zero-order chi connectivity index (χ0) is 15.0. The van der Waals surface area contributed by atoms with Gasteiger partial charge in [0.25, 0.3) is 0 Å². The molecule has 1 aliphatic rings. The molecular weight excluding hydrogens is 258 g/mol. The lowest BCUT2D eigenvalue weighted by Gasteiger charge is -2.39. The van der Waals surface area contributed by atoms with Gasteiger partial charge in [-0.15, -0.1) is 0 Å². The number of nitrogens with zero attached hydrogens (tertiary/aromatic N) is 1. The summed E-state index contributed by atoms with van der Waals surface area (Å²) >= 11 is 0. The van der Waals surface area contributed by atoms with E-state index in [-0.39, 0.29) is 5.91 Å². The van der Waals surface area contributed by atoms with Gasteiger partial charge in [0.2, 0.25) is 5.91 Å². The van der Waals surface area contributed by atoms with Gasteiger partial charge in [-0.2, -0.15) is 0 Å². The van der Waals surface area contributed by atoms with E-state index < -0.39 is 11.4 Å². The monoisotopic (exact) mass is 285 g/mol. The summed E-state index contributed by atoms with van der Waals surface area (Å²) in [4.78, 5) is 25.3. The number of aliphatic carboxylic acids is 1. The molecule has 0 atom stereocenters. The first-order chi connectivity index (χ1) is 9.55. The van der Waals surface area contributed by atoms with Crippen LogP contribution in [0.25, 0.3) is 0 Å². The normalized spacial score (nSPS) is 18.0. The molecule has 20 heavy (non-hydrogen) atoms. The van der Waals surface area contributed by atoms with Gasteiger partial charge in [0.1, 0.15) is 0 Å². The van der Waals surface area contributed by atoms with Crippen LogP contribution < -0.4 is 0 Å². The first-order valence-corrected chi connectivity index (χ1v) is 7.64. The summed E-state index contributed by atoms with van der Waals surface area (Å²) in [7, 11) is 0. The van der Waals surface area contributed by atoms with E-state index in [2.05, 4.69) is 0 Å². The number of carboxylic acids is 1. The number of carbonyl (C=O) groups excluding carboxylic acids is 1. The topological polar surface area (TPSA) is 66.8 Å². The van der Waals surface area contributed by atoms with Crippen molar-refractivity contribution in [2.45, 2.75) is 52.4 Å². The molecule has 1 heterocycles. The molecule has 5 nitrogen and oxygen atoms in total. The number of rotatable bonds is 8. The van der Waals surface area contributed by atoms with Crippen LogP contribution in [0.5, 0.6) is 0 Å². The van der Waals surface area contributed by atoms with Gasteiger partial charge in [0, 0.05) is 32.7 Å². The highest BCUT2D eigenvalue weighted by atomic mass is 16.5. The molecule has 0 aromatic heterocycles. The van der Waals surface area contributed by atoms with Crippen molar-refractivity contribution in [1.29, 1.82) is 0 Å². The molecule has 1 fully saturated rings. The molecule has 0 saturated carbocycles. The maximum Gasteiger partial charge on any atom is 0.309 e. The number of piperidine rings is 1. The fourth-order valence-corrected chi connectivity index (χ4v) is 2.86. The fraction of sp³-hybridized carbons (Fsp3) is 0.867. The van der Waals surface area contributed by atoms with Crippen LogP contribution in [0, 0.1) is 5.41 Å². The minimum absolute atomic E-state index is 0.125. The predicted molar refractivity (Wildman–Crippen MR) is 76.5 cm³/mol. The van der Waals surface area contributed by atoms with Crippen LogP contribution >= 0.6 is 0 Å². The summed E-state index contributed by atoms with van der Waals surface area (Å²) in [6, 6.07) is 0. The Balaban J connectivity index is 2.40. The van der Waals surface area contributed by atoms with Crippen LogP contribution in [-0.2, 0) is 14.3 Å². The SMILES string of the molecule is CCCC1(C(=O)O)CCN(C(=O)CCCOCC)CC1. The molecule has 1 aliphatic heterocycles. The maximum atomic E-state index is 12.0. The van der Waals surface area contributed by atoms with Crippen LogP contribution in [0.4, 0.5) is 0 Å². The third-order valence-electron chi connectivity index (χ3n) is 4.14. The summed E-state index contributed by atoms with van der Waals surface area (Å²) in [6.07, 6.45) is 3.96. The molecule has 0 radical (unpaired) electrons. The van der Waals surface area contributed by atoms with E-state index in [1.165, 1.54) is 0 Å². The van der Waals surface area contributed by atoms with Gasteiger partial charge in [-0.1, -0.05) is 13.3 Å². The zero-order valence-electron chi connectivity index (χ0n) is 12.7. The predicted octanol–water partition coefficient (Wildman–Crippen LogP) is 2.30. The van der Waals surface area contributed by atoms with Gasteiger partial charge in [-0.05, 0) is 32.6 Å². The van der Waals surface area contributed by atoms with E-state index in [9.17, 15) is 14.7 Å². The van der Waals surface area contributed by atoms with E-state index >= 15 is 0 Å². The number of likely N-dealkylation sites (tertiary alicyclic amines) is 1. The highest BCUT2D eigenvalue weighted by Crippen LogP contribution is 2.36. The van der Waals surface area contributed by atoms with Gasteiger partial charge < -0.3 is 14.7 Å². The number of amides is 1. The molecule has 1 saturated heterocycles. The molecular formula is C15H27NO4. The molecule has 116 valence electrons. The average molecular weight is 285 g/mol. The van der Waals surface area contributed by atoms with Crippen molar-refractivity contribution in [2.24, 2.45) is 5.41 Å². The van der Waals surface area contributed by atoms with Crippen LogP contribution in [0.2, 0.25) is 0 Å². The Morgan fingerprint density at radius 1 is 1.25 bits per heavy atom. The fourth-order valence-electron chi connectivity index (χ4n) is 2.86. The van der Waals surface area contributed by atoms with Crippen molar-refractivity contribution >= 4 is 11.9 Å². The smallest absolute Gasteiger partial charge is 0.309 e. The second kappa shape index (κ2) is 8.25. The molecule has 0 aromatic carbocycles. The Bertz CT molecular complexity index is 322. The lowest BCUT2D eigenvalue weighted by Crippen LogP contribution is -2.46. The highest BCUT2D eigenvalue weighted by molar-refractivity contribution is 5.78. The van der Waals surface area contributed by atoms with E-state index in [1.807, 2.05) is 18.7 Å². The molecule has 1 amide bonds.